The maximum Gasteiger partial charge on any atom is 0.274 e. The Morgan fingerprint density at radius 3 is 2.56 bits per heavy atom. The maximum atomic E-state index is 13.0. The number of aryl methyl sites for hydroxylation is 1. The topological polar surface area (TPSA) is 46.9 Å². The Balaban J connectivity index is 1.77. The van der Waals surface area contributed by atoms with Crippen molar-refractivity contribution < 1.29 is 4.79 Å². The monoisotopic (exact) mass is 393 g/mol. The predicted octanol–water partition coefficient (Wildman–Crippen LogP) is 5.81. The summed E-state index contributed by atoms with van der Waals surface area (Å²) >= 11 is 7.93. The van der Waals surface area contributed by atoms with Gasteiger partial charge in [0.05, 0.1) is 15.6 Å². The molecule has 0 bridgehead atoms. The zero-order chi connectivity index (χ0) is 18.8. The smallest absolute Gasteiger partial charge is 0.274 e. The van der Waals surface area contributed by atoms with Crippen molar-refractivity contribution >= 4 is 34.5 Å². The summed E-state index contributed by atoms with van der Waals surface area (Å²) in [7, 11) is 0. The van der Waals surface area contributed by atoms with Gasteiger partial charge in [-0.25, -0.2) is 4.68 Å². The molecule has 4 aromatic rings. The van der Waals surface area contributed by atoms with Crippen molar-refractivity contribution in [2.75, 3.05) is 5.32 Å². The van der Waals surface area contributed by atoms with Gasteiger partial charge in [-0.15, -0.1) is 11.3 Å². The van der Waals surface area contributed by atoms with Gasteiger partial charge >= 0.3 is 0 Å². The number of nitrogens with one attached hydrogen (secondary N) is 1. The standard InChI is InChI=1S/C21H16ClN3OS/c1-14-8-10-15(11-9-14)23-21(26)19-13-17(20-7-4-12-27-20)24-25(19)18-6-3-2-5-16(18)22/h2-13H,1H3,(H,23,26). The normalized spacial score (nSPS) is 10.7. The number of carbonyl (C=O) groups is 1. The van der Waals surface area contributed by atoms with Crippen LogP contribution in [0.4, 0.5) is 5.69 Å². The lowest BCUT2D eigenvalue weighted by atomic mass is 10.2. The number of para-hydroxylation sites is 1. The zero-order valence-corrected chi connectivity index (χ0v) is 16.1. The van der Waals surface area contributed by atoms with Gasteiger partial charge in [0.2, 0.25) is 0 Å². The van der Waals surface area contributed by atoms with Crippen LogP contribution < -0.4 is 5.32 Å². The molecule has 4 rings (SSSR count). The third kappa shape index (κ3) is 3.65. The molecule has 27 heavy (non-hydrogen) atoms. The second-order valence-electron chi connectivity index (χ2n) is 6.08. The minimum atomic E-state index is -0.242. The molecule has 4 nitrogen and oxygen atoms in total. The van der Waals surface area contributed by atoms with Gasteiger partial charge in [-0.05, 0) is 48.7 Å². The van der Waals surface area contributed by atoms with Gasteiger partial charge in [-0.2, -0.15) is 5.10 Å². The lowest BCUT2D eigenvalue weighted by Gasteiger charge is -2.10. The molecule has 134 valence electrons. The third-order valence-corrected chi connectivity index (χ3v) is 5.32. The Morgan fingerprint density at radius 2 is 1.85 bits per heavy atom. The van der Waals surface area contributed by atoms with E-state index >= 15 is 0 Å². The van der Waals surface area contributed by atoms with Crippen molar-refractivity contribution in [1.29, 1.82) is 0 Å². The Hall–Kier alpha value is -2.89. The Labute approximate surface area is 166 Å². The van der Waals surface area contributed by atoms with E-state index in [9.17, 15) is 4.79 Å². The summed E-state index contributed by atoms with van der Waals surface area (Å²) in [6.45, 7) is 2.01. The van der Waals surface area contributed by atoms with Crippen LogP contribution in [-0.4, -0.2) is 15.7 Å². The predicted molar refractivity (Wildman–Crippen MR) is 111 cm³/mol. The first kappa shape index (κ1) is 17.5. The molecule has 0 aliphatic rings. The van der Waals surface area contributed by atoms with Gasteiger partial charge in [0, 0.05) is 5.69 Å². The Kier molecular flexibility index (Phi) is 4.79. The number of amides is 1. The molecule has 0 aliphatic carbocycles. The number of rotatable bonds is 4. The number of benzene rings is 2. The molecule has 1 amide bonds. The Bertz CT molecular complexity index is 1090. The van der Waals surface area contributed by atoms with Crippen LogP contribution in [0.2, 0.25) is 5.02 Å². The van der Waals surface area contributed by atoms with Crippen LogP contribution in [0.5, 0.6) is 0 Å². The molecule has 0 saturated carbocycles. The second-order valence-corrected chi connectivity index (χ2v) is 7.43. The quantitative estimate of drug-likeness (QED) is 0.475. The van der Waals surface area contributed by atoms with Gasteiger partial charge < -0.3 is 5.32 Å². The van der Waals surface area contributed by atoms with Crippen LogP contribution in [0, 0.1) is 6.92 Å². The highest BCUT2D eigenvalue weighted by atomic mass is 35.5. The average molecular weight is 394 g/mol. The number of carbonyl (C=O) groups excluding carboxylic acids is 1. The van der Waals surface area contributed by atoms with Gasteiger partial charge in [0.1, 0.15) is 11.4 Å². The van der Waals surface area contributed by atoms with E-state index in [1.165, 1.54) is 0 Å². The van der Waals surface area contributed by atoms with Crippen LogP contribution in [0.25, 0.3) is 16.3 Å². The summed E-state index contributed by atoms with van der Waals surface area (Å²) in [6.07, 6.45) is 0. The average Bonchev–Trinajstić information content (AvgIpc) is 3.33. The van der Waals surface area contributed by atoms with Crippen molar-refractivity contribution in [3.8, 4) is 16.3 Å². The van der Waals surface area contributed by atoms with E-state index in [1.54, 1.807) is 28.2 Å². The number of anilines is 1. The van der Waals surface area contributed by atoms with Crippen LogP contribution >= 0.6 is 22.9 Å². The molecule has 2 aromatic carbocycles. The van der Waals surface area contributed by atoms with Crippen molar-refractivity contribution in [3.05, 3.63) is 88.4 Å². The lowest BCUT2D eigenvalue weighted by Crippen LogP contribution is -2.17. The molecule has 0 spiro atoms. The molecule has 0 unspecified atom stereocenters. The van der Waals surface area contributed by atoms with Gasteiger partial charge in [0.25, 0.3) is 5.91 Å². The molecular formula is C21H16ClN3OS. The zero-order valence-electron chi connectivity index (χ0n) is 14.5. The molecule has 0 radical (unpaired) electrons. The van der Waals surface area contributed by atoms with Crippen LogP contribution in [0.1, 0.15) is 16.1 Å². The fourth-order valence-electron chi connectivity index (χ4n) is 2.73. The van der Waals surface area contributed by atoms with Gasteiger partial charge in [-0.1, -0.05) is 47.5 Å². The summed E-state index contributed by atoms with van der Waals surface area (Å²) in [5, 5.41) is 10.1. The molecule has 6 heteroatoms. The molecule has 2 aromatic heterocycles. The highest BCUT2D eigenvalue weighted by Crippen LogP contribution is 2.28. The fourth-order valence-corrected chi connectivity index (χ4v) is 3.62. The SMILES string of the molecule is Cc1ccc(NC(=O)c2cc(-c3cccs3)nn2-c2ccccc2Cl)cc1. The number of nitrogens with zero attached hydrogens (tertiary/aromatic N) is 2. The van der Waals surface area contributed by atoms with Crippen LogP contribution in [0.3, 0.4) is 0 Å². The van der Waals surface area contributed by atoms with E-state index in [-0.39, 0.29) is 5.91 Å². The Morgan fingerprint density at radius 1 is 1.07 bits per heavy atom. The summed E-state index contributed by atoms with van der Waals surface area (Å²) in [5.41, 5.74) is 3.69. The highest BCUT2D eigenvalue weighted by molar-refractivity contribution is 7.13. The number of hydrogen-bond donors (Lipinski definition) is 1. The maximum absolute atomic E-state index is 13.0. The van der Waals surface area contributed by atoms with Crippen molar-refractivity contribution in [3.63, 3.8) is 0 Å². The van der Waals surface area contributed by atoms with Gasteiger partial charge in [0.15, 0.2) is 0 Å². The lowest BCUT2D eigenvalue weighted by molar-refractivity contribution is 0.101. The number of aromatic nitrogens is 2. The van der Waals surface area contributed by atoms with Crippen LogP contribution in [-0.2, 0) is 0 Å². The molecular weight excluding hydrogens is 378 g/mol. The molecule has 0 atom stereocenters. The first-order valence-corrected chi connectivity index (χ1v) is 9.64. The third-order valence-electron chi connectivity index (χ3n) is 4.11. The first-order valence-electron chi connectivity index (χ1n) is 8.39. The van der Waals surface area contributed by atoms with Crippen molar-refractivity contribution in [2.45, 2.75) is 6.92 Å². The van der Waals surface area contributed by atoms with Crippen molar-refractivity contribution in [2.24, 2.45) is 0 Å². The molecule has 0 saturated heterocycles. The summed E-state index contributed by atoms with van der Waals surface area (Å²) in [5.74, 6) is -0.242. The van der Waals surface area contributed by atoms with Gasteiger partial charge in [-0.3, -0.25) is 4.79 Å². The van der Waals surface area contributed by atoms with E-state index in [2.05, 4.69) is 10.4 Å². The fraction of sp³-hybridized carbons (Fsp3) is 0.0476. The molecule has 1 N–H and O–H groups in total. The van der Waals surface area contributed by atoms with Crippen molar-refractivity contribution in [1.82, 2.24) is 9.78 Å². The second kappa shape index (κ2) is 7.39. The van der Waals surface area contributed by atoms with E-state index in [0.717, 1.165) is 21.8 Å². The number of hydrogen-bond acceptors (Lipinski definition) is 3. The van der Waals surface area contributed by atoms with Crippen LogP contribution in [0.15, 0.2) is 72.1 Å². The summed E-state index contributed by atoms with van der Waals surface area (Å²) < 4.78 is 1.60. The minimum absolute atomic E-state index is 0.242. The molecule has 0 aliphatic heterocycles. The first-order chi connectivity index (χ1) is 13.1. The number of halogens is 1. The molecule has 0 fully saturated rings. The van der Waals surface area contributed by atoms with E-state index in [1.807, 2.05) is 66.9 Å². The minimum Gasteiger partial charge on any atom is -0.321 e. The molecule has 2 heterocycles. The summed E-state index contributed by atoms with van der Waals surface area (Å²) in [6, 6.07) is 20.7. The largest absolute Gasteiger partial charge is 0.321 e. The van der Waals surface area contributed by atoms with E-state index < -0.39 is 0 Å². The highest BCUT2D eigenvalue weighted by Gasteiger charge is 2.19. The number of thiophene rings is 1. The van der Waals surface area contributed by atoms with E-state index in [4.69, 9.17) is 11.6 Å². The van der Waals surface area contributed by atoms with E-state index in [0.29, 0.717) is 16.4 Å². The summed E-state index contributed by atoms with van der Waals surface area (Å²) in [4.78, 5) is 14.0.